The van der Waals surface area contributed by atoms with Crippen LogP contribution in [0.3, 0.4) is 0 Å². The highest BCUT2D eigenvalue weighted by Gasteiger charge is 2.43. The molecule has 196 valence electrons. The number of sulfonamides is 1. The molecule has 12 heteroatoms. The molecule has 0 unspecified atom stereocenters. The Balaban J connectivity index is 1.61. The largest absolute Gasteiger partial charge is 0.494 e. The minimum Gasteiger partial charge on any atom is -0.494 e. The van der Waals surface area contributed by atoms with Gasteiger partial charge in [0.05, 0.1) is 40.8 Å². The fourth-order valence-electron chi connectivity index (χ4n) is 4.39. The molecule has 2 aromatic heterocycles. The Kier molecular flexibility index (Phi) is 7.23. The standard InChI is InChI=1S/C26H22Cl2N4O4S2/c1-35-22-14-15(9-10-18(22)31-38(2,33)34)32-25(24(30-26(32)37)19-8-3-4-13-29-19)21-12-11-20(36-21)16-6-5-7-17(27)23(16)28/h3-14,24-25,31H,1-2H3,(H,30,37)/t24-,25-/m0/s1. The van der Waals surface area contributed by atoms with E-state index in [-0.39, 0.29) is 6.04 Å². The van der Waals surface area contributed by atoms with Gasteiger partial charge >= 0.3 is 0 Å². The van der Waals surface area contributed by atoms with Crippen molar-refractivity contribution in [2.24, 2.45) is 0 Å². The molecule has 8 nitrogen and oxygen atoms in total. The van der Waals surface area contributed by atoms with Crippen LogP contribution in [0.4, 0.5) is 11.4 Å². The number of methoxy groups -OCH3 is 1. The first-order chi connectivity index (χ1) is 18.2. The van der Waals surface area contributed by atoms with E-state index in [1.807, 2.05) is 41.3 Å². The van der Waals surface area contributed by atoms with Crippen LogP contribution >= 0.6 is 35.4 Å². The lowest BCUT2D eigenvalue weighted by atomic mass is 10.0. The topological polar surface area (TPSA) is 96.7 Å². The van der Waals surface area contributed by atoms with Crippen molar-refractivity contribution < 1.29 is 17.6 Å². The molecule has 2 N–H and O–H groups in total. The lowest BCUT2D eigenvalue weighted by Crippen LogP contribution is -2.29. The molecule has 0 radical (unpaired) electrons. The number of rotatable bonds is 7. The summed E-state index contributed by atoms with van der Waals surface area (Å²) in [7, 11) is -2.04. The normalized spacial score (nSPS) is 17.4. The second-order valence-electron chi connectivity index (χ2n) is 8.56. The lowest BCUT2D eigenvalue weighted by molar-refractivity contribution is 0.416. The second kappa shape index (κ2) is 10.5. The molecule has 0 aliphatic carbocycles. The monoisotopic (exact) mass is 588 g/mol. The Bertz CT molecular complexity index is 1610. The third-order valence-corrected chi connectivity index (χ3v) is 7.72. The molecular weight excluding hydrogens is 567 g/mol. The first-order valence-electron chi connectivity index (χ1n) is 11.4. The van der Waals surface area contributed by atoms with Crippen LogP contribution in [0.1, 0.15) is 23.5 Å². The van der Waals surface area contributed by atoms with Crippen molar-refractivity contribution >= 4 is 61.9 Å². The van der Waals surface area contributed by atoms with Crippen LogP contribution in [0.5, 0.6) is 5.75 Å². The highest BCUT2D eigenvalue weighted by molar-refractivity contribution is 7.92. The van der Waals surface area contributed by atoms with Gasteiger partial charge < -0.3 is 19.4 Å². The van der Waals surface area contributed by atoms with Crippen molar-refractivity contribution in [2.45, 2.75) is 12.1 Å². The second-order valence-corrected chi connectivity index (χ2v) is 11.5. The van der Waals surface area contributed by atoms with Crippen molar-refractivity contribution in [3.05, 3.63) is 94.4 Å². The first-order valence-corrected chi connectivity index (χ1v) is 14.4. The van der Waals surface area contributed by atoms with Crippen molar-refractivity contribution in [3.8, 4) is 17.1 Å². The van der Waals surface area contributed by atoms with Gasteiger partial charge in [-0.1, -0.05) is 35.3 Å². The summed E-state index contributed by atoms with van der Waals surface area (Å²) < 4.78 is 37.9. The number of hydrogen-bond acceptors (Lipinski definition) is 6. The van der Waals surface area contributed by atoms with E-state index >= 15 is 0 Å². The fraction of sp³-hybridized carbons (Fsp3) is 0.154. The zero-order chi connectivity index (χ0) is 27.0. The summed E-state index contributed by atoms with van der Waals surface area (Å²) >= 11 is 18.5. The summed E-state index contributed by atoms with van der Waals surface area (Å²) in [6.45, 7) is 0. The van der Waals surface area contributed by atoms with Crippen molar-refractivity contribution in [3.63, 3.8) is 0 Å². The molecule has 0 spiro atoms. The predicted octanol–water partition coefficient (Wildman–Crippen LogP) is 6.21. The van der Waals surface area contributed by atoms with Crippen LogP contribution in [0.2, 0.25) is 10.0 Å². The van der Waals surface area contributed by atoms with Gasteiger partial charge in [-0.3, -0.25) is 9.71 Å². The fourth-order valence-corrected chi connectivity index (χ4v) is 5.69. The van der Waals surface area contributed by atoms with Crippen LogP contribution in [-0.4, -0.2) is 31.9 Å². The third kappa shape index (κ3) is 5.17. The first kappa shape index (κ1) is 26.3. The van der Waals surface area contributed by atoms with E-state index in [0.717, 1.165) is 11.9 Å². The average Bonchev–Trinajstić information content (AvgIpc) is 3.50. The van der Waals surface area contributed by atoms with Crippen LogP contribution in [0.25, 0.3) is 11.3 Å². The molecule has 1 saturated heterocycles. The van der Waals surface area contributed by atoms with Gasteiger partial charge in [0.25, 0.3) is 0 Å². The van der Waals surface area contributed by atoms with E-state index in [4.69, 9.17) is 44.6 Å². The molecule has 0 amide bonds. The summed E-state index contributed by atoms with van der Waals surface area (Å²) in [5.41, 5.74) is 2.41. The maximum absolute atomic E-state index is 11.8. The minimum atomic E-state index is -3.51. The van der Waals surface area contributed by atoms with Gasteiger partial charge in [0, 0.05) is 23.5 Å². The zero-order valence-corrected chi connectivity index (χ0v) is 23.3. The van der Waals surface area contributed by atoms with Gasteiger partial charge in [0.1, 0.15) is 23.3 Å². The number of nitrogens with zero attached hydrogens (tertiary/aromatic N) is 2. The van der Waals surface area contributed by atoms with E-state index in [1.54, 1.807) is 36.5 Å². The number of thiocarbonyl (C=S) groups is 1. The number of nitrogens with one attached hydrogen (secondary N) is 2. The molecular formula is C26H22Cl2N4O4S2. The Hall–Kier alpha value is -3.31. The van der Waals surface area contributed by atoms with Crippen molar-refractivity contribution in [1.82, 2.24) is 10.3 Å². The zero-order valence-electron chi connectivity index (χ0n) is 20.2. The molecule has 3 heterocycles. The van der Waals surface area contributed by atoms with E-state index in [0.29, 0.717) is 49.4 Å². The number of benzene rings is 2. The maximum Gasteiger partial charge on any atom is 0.229 e. The smallest absolute Gasteiger partial charge is 0.229 e. The van der Waals surface area contributed by atoms with Crippen molar-refractivity contribution in [1.29, 1.82) is 0 Å². The third-order valence-electron chi connectivity index (χ3n) is 5.99. The van der Waals surface area contributed by atoms with Gasteiger partial charge in [0.2, 0.25) is 10.0 Å². The summed E-state index contributed by atoms with van der Waals surface area (Å²) in [6, 6.07) is 19.0. The molecule has 1 aliphatic rings. The summed E-state index contributed by atoms with van der Waals surface area (Å²) in [6.07, 6.45) is 2.79. The van der Waals surface area contributed by atoms with E-state index in [9.17, 15) is 8.42 Å². The maximum atomic E-state index is 11.8. The molecule has 1 fully saturated rings. The van der Waals surface area contributed by atoms with Gasteiger partial charge in [-0.25, -0.2) is 8.42 Å². The number of pyridine rings is 1. The molecule has 5 rings (SSSR count). The van der Waals surface area contributed by atoms with Gasteiger partial charge in [-0.15, -0.1) is 0 Å². The molecule has 1 aliphatic heterocycles. The highest BCUT2D eigenvalue weighted by Crippen LogP contribution is 2.45. The van der Waals surface area contributed by atoms with E-state index in [1.165, 1.54) is 7.11 Å². The van der Waals surface area contributed by atoms with E-state index < -0.39 is 16.1 Å². The summed E-state index contributed by atoms with van der Waals surface area (Å²) in [5, 5.41) is 4.62. The van der Waals surface area contributed by atoms with E-state index in [2.05, 4.69) is 15.0 Å². The number of furan rings is 1. The van der Waals surface area contributed by atoms with Gasteiger partial charge in [-0.05, 0) is 60.7 Å². The molecule has 0 saturated carbocycles. The Morgan fingerprint density at radius 1 is 1.11 bits per heavy atom. The van der Waals surface area contributed by atoms with Crippen LogP contribution in [0, 0.1) is 0 Å². The predicted molar refractivity (Wildman–Crippen MR) is 154 cm³/mol. The molecule has 4 aromatic rings. The number of aromatic nitrogens is 1. The van der Waals surface area contributed by atoms with Crippen LogP contribution in [0.15, 0.2) is 77.3 Å². The molecule has 2 atom stereocenters. The van der Waals surface area contributed by atoms with Crippen molar-refractivity contribution in [2.75, 3.05) is 23.0 Å². The molecule has 2 aromatic carbocycles. The van der Waals surface area contributed by atoms with Gasteiger partial charge in [-0.2, -0.15) is 0 Å². The number of halogens is 2. The number of hydrogen-bond donors (Lipinski definition) is 2. The molecule has 0 bridgehead atoms. The SMILES string of the molecule is COc1cc(N2C(=S)N[C@@H](c3ccccn3)[C@@H]2c2ccc(-c3cccc(Cl)c3Cl)o2)ccc1NS(C)(=O)=O. The Morgan fingerprint density at radius 2 is 1.92 bits per heavy atom. The molecule has 38 heavy (non-hydrogen) atoms. The Labute approximate surface area is 235 Å². The quantitative estimate of drug-likeness (QED) is 0.246. The van der Waals surface area contributed by atoms with Gasteiger partial charge in [0.15, 0.2) is 5.11 Å². The minimum absolute atomic E-state index is 0.311. The highest BCUT2D eigenvalue weighted by atomic mass is 35.5. The van der Waals surface area contributed by atoms with Crippen LogP contribution in [-0.2, 0) is 10.0 Å². The average molecular weight is 590 g/mol. The van der Waals surface area contributed by atoms with Crippen LogP contribution < -0.4 is 19.7 Å². The number of anilines is 2. The summed E-state index contributed by atoms with van der Waals surface area (Å²) in [4.78, 5) is 6.44. The number of ether oxygens (including phenoxy) is 1. The lowest BCUT2D eigenvalue weighted by Gasteiger charge is -2.27. The Morgan fingerprint density at radius 3 is 2.63 bits per heavy atom. The summed E-state index contributed by atoms with van der Waals surface area (Å²) in [5.74, 6) is 1.49.